The molecule has 2 aromatic heterocycles. The highest BCUT2D eigenvalue weighted by Crippen LogP contribution is 2.25. The summed E-state index contributed by atoms with van der Waals surface area (Å²) in [5, 5.41) is 13.7. The Morgan fingerprint density at radius 3 is 2.87 bits per heavy atom. The average Bonchev–Trinajstić information content (AvgIpc) is 3.14. The van der Waals surface area contributed by atoms with Gasteiger partial charge in [-0.3, -0.25) is 4.79 Å². The zero-order valence-corrected chi connectivity index (χ0v) is 16.2. The van der Waals surface area contributed by atoms with Crippen molar-refractivity contribution in [1.82, 2.24) is 15.4 Å². The summed E-state index contributed by atoms with van der Waals surface area (Å²) in [5.41, 5.74) is 5.75. The third-order valence-electron chi connectivity index (χ3n) is 4.53. The number of H-pyrrole nitrogens is 1. The molecule has 4 rings (SSSR count). The number of amides is 1. The smallest absolute Gasteiger partial charge is 0.306 e. The summed E-state index contributed by atoms with van der Waals surface area (Å²) in [6.07, 6.45) is 3.20. The number of para-hydroxylation sites is 2. The summed E-state index contributed by atoms with van der Waals surface area (Å²) in [4.78, 5) is 20.3. The number of aromatic nitrogens is 3. The fourth-order valence-corrected chi connectivity index (χ4v) is 3.13. The quantitative estimate of drug-likeness (QED) is 0.262. The summed E-state index contributed by atoms with van der Waals surface area (Å²) in [7, 11) is 1.47. The van der Waals surface area contributed by atoms with E-state index in [1.165, 1.54) is 19.4 Å². The fourth-order valence-electron chi connectivity index (χ4n) is 3.13. The number of phenolic OH excluding ortho intramolecular Hbond substituents is 1. The van der Waals surface area contributed by atoms with E-state index in [0.717, 1.165) is 22.6 Å². The van der Waals surface area contributed by atoms with Crippen molar-refractivity contribution in [3.63, 3.8) is 0 Å². The first-order chi connectivity index (χ1) is 14.7. The van der Waals surface area contributed by atoms with Crippen LogP contribution in [0.25, 0.3) is 22.6 Å². The molecule has 8 nitrogen and oxygen atoms in total. The molecule has 4 aromatic rings. The second-order valence-electron chi connectivity index (χ2n) is 6.52. The maximum absolute atomic E-state index is 12.6. The van der Waals surface area contributed by atoms with Gasteiger partial charge in [0.15, 0.2) is 34.8 Å². The molecule has 2 heterocycles. The fraction of sp³-hybridized carbons (Fsp3) is 0.0909. The molecule has 2 aromatic carbocycles. The van der Waals surface area contributed by atoms with Crippen molar-refractivity contribution in [3.8, 4) is 23.0 Å². The van der Waals surface area contributed by atoms with Crippen molar-refractivity contribution < 1.29 is 19.2 Å². The van der Waals surface area contributed by atoms with Gasteiger partial charge in [0.25, 0.3) is 5.91 Å². The number of hydrogen-bond acceptors (Lipinski definition) is 5. The van der Waals surface area contributed by atoms with Gasteiger partial charge in [0.1, 0.15) is 0 Å². The molecule has 3 N–H and O–H groups in total. The summed E-state index contributed by atoms with van der Waals surface area (Å²) in [5.74, 6) is 0.819. The van der Waals surface area contributed by atoms with Gasteiger partial charge >= 0.3 is 5.82 Å². The molecule has 0 spiro atoms. The van der Waals surface area contributed by atoms with Crippen LogP contribution in [-0.4, -0.2) is 34.3 Å². The number of carbonyl (C=O) groups is 1. The Bertz CT molecular complexity index is 1220. The number of hydrogen-bond donors (Lipinski definition) is 3. The van der Waals surface area contributed by atoms with Crippen LogP contribution in [0, 0.1) is 0 Å². The van der Waals surface area contributed by atoms with Crippen molar-refractivity contribution in [1.29, 1.82) is 0 Å². The summed E-state index contributed by atoms with van der Waals surface area (Å²) in [6, 6.07) is 18.2. The van der Waals surface area contributed by atoms with Crippen LogP contribution >= 0.6 is 0 Å². The number of methoxy groups -OCH3 is 1. The summed E-state index contributed by atoms with van der Waals surface area (Å²) >= 11 is 0. The van der Waals surface area contributed by atoms with Crippen LogP contribution < -0.4 is 14.7 Å². The Labute approximate surface area is 172 Å². The van der Waals surface area contributed by atoms with E-state index in [1.807, 2.05) is 47.0 Å². The molecular weight excluding hydrogens is 382 g/mol. The molecule has 0 unspecified atom stereocenters. The van der Waals surface area contributed by atoms with Gasteiger partial charge in [-0.15, -0.1) is 0 Å². The van der Waals surface area contributed by atoms with Gasteiger partial charge in [0.2, 0.25) is 0 Å². The van der Waals surface area contributed by atoms with Crippen LogP contribution in [0.5, 0.6) is 11.5 Å². The number of aromatic hydroxyl groups is 1. The first-order valence-corrected chi connectivity index (χ1v) is 9.26. The molecule has 30 heavy (non-hydrogen) atoms. The molecule has 8 heteroatoms. The third-order valence-corrected chi connectivity index (χ3v) is 4.53. The number of benzene rings is 2. The van der Waals surface area contributed by atoms with E-state index in [2.05, 4.69) is 20.5 Å². The zero-order valence-electron chi connectivity index (χ0n) is 16.2. The molecule has 0 aliphatic heterocycles. The number of rotatable bonds is 6. The minimum Gasteiger partial charge on any atom is -0.504 e. The van der Waals surface area contributed by atoms with E-state index in [1.54, 1.807) is 18.3 Å². The molecule has 0 saturated heterocycles. The van der Waals surface area contributed by atoms with E-state index in [9.17, 15) is 9.90 Å². The maximum atomic E-state index is 12.6. The van der Waals surface area contributed by atoms with Crippen LogP contribution in [0.2, 0.25) is 0 Å². The van der Waals surface area contributed by atoms with E-state index in [-0.39, 0.29) is 18.2 Å². The number of nitrogens with one attached hydrogen (secondary N) is 2. The molecule has 150 valence electrons. The SMILES string of the molecule is COc1cc(C=NNC(=O)C[n+]2c(-c3ccccn3)[nH]c3ccccc32)ccc1O. The summed E-state index contributed by atoms with van der Waals surface area (Å²) < 4.78 is 6.93. The second-order valence-corrected chi connectivity index (χ2v) is 6.52. The minimum atomic E-state index is -0.288. The Kier molecular flexibility index (Phi) is 5.38. The molecule has 0 radical (unpaired) electrons. The lowest BCUT2D eigenvalue weighted by molar-refractivity contribution is -0.647. The molecule has 0 saturated carbocycles. The van der Waals surface area contributed by atoms with E-state index < -0.39 is 0 Å². The monoisotopic (exact) mass is 402 g/mol. The lowest BCUT2D eigenvalue weighted by Crippen LogP contribution is -2.42. The highest BCUT2D eigenvalue weighted by atomic mass is 16.5. The normalized spacial score (nSPS) is 11.1. The third kappa shape index (κ3) is 3.97. The van der Waals surface area contributed by atoms with Crippen molar-refractivity contribution in [2.45, 2.75) is 6.54 Å². The maximum Gasteiger partial charge on any atom is 0.306 e. The predicted octanol–water partition coefficient (Wildman–Crippen LogP) is 2.38. The van der Waals surface area contributed by atoms with Gasteiger partial charge in [-0.2, -0.15) is 5.10 Å². The lowest BCUT2D eigenvalue weighted by Gasteiger charge is -2.04. The van der Waals surface area contributed by atoms with Gasteiger partial charge < -0.3 is 9.84 Å². The number of fused-ring (bicyclic) bond motifs is 1. The van der Waals surface area contributed by atoms with Gasteiger partial charge in [-0.1, -0.05) is 18.2 Å². The number of nitrogens with zero attached hydrogens (tertiary/aromatic N) is 3. The van der Waals surface area contributed by atoms with Crippen LogP contribution in [0.3, 0.4) is 0 Å². The Hall–Kier alpha value is -4.20. The molecule has 0 aliphatic carbocycles. The topological polar surface area (TPSA) is 103 Å². The minimum absolute atomic E-state index is 0.0384. The van der Waals surface area contributed by atoms with E-state index >= 15 is 0 Å². The predicted molar refractivity (Wildman–Crippen MR) is 112 cm³/mol. The number of imidazole rings is 1. The molecular formula is C22H20N5O3+. The molecule has 0 fully saturated rings. The van der Waals surface area contributed by atoms with Gasteiger partial charge in [0.05, 0.1) is 13.3 Å². The van der Waals surface area contributed by atoms with Gasteiger partial charge in [-0.25, -0.2) is 20.0 Å². The number of aromatic amines is 1. The van der Waals surface area contributed by atoms with E-state index in [4.69, 9.17) is 4.74 Å². The molecule has 0 atom stereocenters. The molecule has 0 bridgehead atoms. The highest BCUT2D eigenvalue weighted by Gasteiger charge is 2.22. The number of pyridine rings is 1. The van der Waals surface area contributed by atoms with Crippen LogP contribution in [0.4, 0.5) is 0 Å². The number of phenols is 1. The van der Waals surface area contributed by atoms with Gasteiger partial charge in [-0.05, 0) is 48.0 Å². The second kappa shape index (κ2) is 8.44. The van der Waals surface area contributed by atoms with Crippen LogP contribution in [-0.2, 0) is 11.3 Å². The number of hydrazone groups is 1. The zero-order chi connectivity index (χ0) is 20.9. The first kappa shape index (κ1) is 19.1. The number of ether oxygens (including phenoxy) is 1. The first-order valence-electron chi connectivity index (χ1n) is 9.26. The largest absolute Gasteiger partial charge is 0.504 e. The summed E-state index contributed by atoms with van der Waals surface area (Å²) in [6.45, 7) is 0.0617. The molecule has 1 amide bonds. The van der Waals surface area contributed by atoms with Crippen LogP contribution in [0.1, 0.15) is 5.56 Å². The van der Waals surface area contributed by atoms with Crippen molar-refractivity contribution in [3.05, 3.63) is 72.4 Å². The lowest BCUT2D eigenvalue weighted by atomic mass is 10.2. The molecule has 0 aliphatic rings. The van der Waals surface area contributed by atoms with E-state index in [0.29, 0.717) is 11.3 Å². The highest BCUT2D eigenvalue weighted by molar-refractivity contribution is 5.83. The van der Waals surface area contributed by atoms with Crippen molar-refractivity contribution in [2.75, 3.05) is 7.11 Å². The van der Waals surface area contributed by atoms with Crippen molar-refractivity contribution in [2.24, 2.45) is 5.10 Å². The van der Waals surface area contributed by atoms with Crippen LogP contribution in [0.15, 0.2) is 72.0 Å². The van der Waals surface area contributed by atoms with Crippen molar-refractivity contribution >= 4 is 23.2 Å². The Balaban J connectivity index is 1.55. The Morgan fingerprint density at radius 2 is 2.07 bits per heavy atom. The average molecular weight is 402 g/mol. The van der Waals surface area contributed by atoms with Gasteiger partial charge in [0, 0.05) is 6.20 Å². The Morgan fingerprint density at radius 1 is 1.23 bits per heavy atom. The standard InChI is InChI=1S/C22H19N5O3/c1-30-20-12-15(9-10-19(20)28)13-24-26-21(29)14-27-18-8-3-2-6-16(18)25-22(27)17-7-4-5-11-23-17/h2-13H,14H2,1H3,(H2,23,24,25,26,28,29)/p+1. The number of carbonyl (C=O) groups excluding carboxylic acids is 1.